The normalized spacial score (nSPS) is 27.6. The van der Waals surface area contributed by atoms with Crippen molar-refractivity contribution in [3.05, 3.63) is 29.6 Å². The van der Waals surface area contributed by atoms with Gasteiger partial charge in [-0.2, -0.15) is 0 Å². The zero-order valence-electron chi connectivity index (χ0n) is 10.9. The number of halogens is 1. The third-order valence-corrected chi connectivity index (χ3v) is 4.12. The van der Waals surface area contributed by atoms with E-state index in [-0.39, 0.29) is 12.4 Å². The topological polar surface area (TPSA) is 28.2 Å². The second kappa shape index (κ2) is 6.00. The summed E-state index contributed by atoms with van der Waals surface area (Å²) in [4.78, 5) is 6.96. The lowest BCUT2D eigenvalue weighted by molar-refractivity contribution is 0.250. The number of fused-ring (bicyclic) bond motifs is 2. The van der Waals surface area contributed by atoms with Crippen LogP contribution in [0.4, 0.5) is 0 Å². The van der Waals surface area contributed by atoms with Crippen molar-refractivity contribution in [3.63, 3.8) is 0 Å². The van der Waals surface area contributed by atoms with E-state index in [4.69, 9.17) is 0 Å². The summed E-state index contributed by atoms with van der Waals surface area (Å²) in [5, 5.41) is 3.73. The first-order chi connectivity index (χ1) is 8.31. The number of aromatic nitrogens is 1. The van der Waals surface area contributed by atoms with Crippen LogP contribution in [0.25, 0.3) is 0 Å². The molecular weight excluding hydrogens is 246 g/mol. The number of hydrogen-bond acceptors (Lipinski definition) is 3. The van der Waals surface area contributed by atoms with Gasteiger partial charge in [0.2, 0.25) is 0 Å². The Kier molecular flexibility index (Phi) is 4.60. The smallest absolute Gasteiger partial charge is 0.0417 e. The summed E-state index contributed by atoms with van der Waals surface area (Å²) in [5.41, 5.74) is 2.56. The van der Waals surface area contributed by atoms with Crippen LogP contribution in [0.5, 0.6) is 0 Å². The number of rotatable bonds is 2. The fraction of sp³-hybridized carbons (Fsp3) is 0.643. The molecule has 1 aromatic rings. The molecule has 4 heteroatoms. The quantitative estimate of drug-likeness (QED) is 0.890. The van der Waals surface area contributed by atoms with Crippen LogP contribution in [0.15, 0.2) is 18.3 Å². The largest absolute Gasteiger partial charge is 0.310 e. The van der Waals surface area contributed by atoms with E-state index in [1.165, 1.54) is 43.6 Å². The van der Waals surface area contributed by atoms with Crippen molar-refractivity contribution in [3.8, 4) is 0 Å². The molecule has 0 amide bonds. The van der Waals surface area contributed by atoms with Crippen molar-refractivity contribution in [2.45, 2.75) is 44.8 Å². The Morgan fingerprint density at radius 2 is 2.17 bits per heavy atom. The standard InChI is InChI=1S/C14H21N3.ClH/c1-11-12(3-2-7-15-11)9-17-8-6-13-4-5-14(10-17)16-13;/h2-3,7,13-14,16H,4-6,8-10H2,1H3;1H. The van der Waals surface area contributed by atoms with Crippen LogP contribution in [-0.2, 0) is 6.54 Å². The van der Waals surface area contributed by atoms with Gasteiger partial charge in [-0.1, -0.05) is 6.07 Å². The fourth-order valence-corrected chi connectivity index (χ4v) is 3.08. The molecule has 100 valence electrons. The fourth-order valence-electron chi connectivity index (χ4n) is 3.08. The third-order valence-electron chi connectivity index (χ3n) is 4.12. The van der Waals surface area contributed by atoms with Gasteiger partial charge in [0.05, 0.1) is 0 Å². The zero-order chi connectivity index (χ0) is 11.7. The first-order valence-electron chi connectivity index (χ1n) is 6.70. The summed E-state index contributed by atoms with van der Waals surface area (Å²) in [6, 6.07) is 5.75. The van der Waals surface area contributed by atoms with Crippen LogP contribution >= 0.6 is 12.4 Å². The van der Waals surface area contributed by atoms with Crippen LogP contribution in [0.1, 0.15) is 30.5 Å². The SMILES string of the molecule is Cc1ncccc1CN1CCC2CCC(C1)N2.Cl. The highest BCUT2D eigenvalue weighted by Gasteiger charge is 2.29. The summed E-state index contributed by atoms with van der Waals surface area (Å²) in [7, 11) is 0. The molecule has 3 rings (SSSR count). The van der Waals surface area contributed by atoms with Gasteiger partial charge in [-0.15, -0.1) is 12.4 Å². The number of nitrogens with one attached hydrogen (secondary N) is 1. The van der Waals surface area contributed by atoms with E-state index in [1.54, 1.807) is 0 Å². The van der Waals surface area contributed by atoms with Crippen molar-refractivity contribution in [1.82, 2.24) is 15.2 Å². The second-order valence-corrected chi connectivity index (χ2v) is 5.41. The Hall–Kier alpha value is -0.640. The lowest BCUT2D eigenvalue weighted by atomic mass is 10.1. The first kappa shape index (κ1) is 13.8. The van der Waals surface area contributed by atoms with E-state index in [0.717, 1.165) is 18.6 Å². The Bertz CT molecular complexity index is 396. The second-order valence-electron chi connectivity index (χ2n) is 5.41. The molecule has 2 fully saturated rings. The maximum atomic E-state index is 4.37. The average molecular weight is 268 g/mol. The van der Waals surface area contributed by atoms with Gasteiger partial charge in [-0.25, -0.2) is 0 Å². The van der Waals surface area contributed by atoms with Gasteiger partial charge >= 0.3 is 0 Å². The van der Waals surface area contributed by atoms with Gasteiger partial charge in [0.25, 0.3) is 0 Å². The Balaban J connectivity index is 0.00000120. The summed E-state index contributed by atoms with van der Waals surface area (Å²) in [5.74, 6) is 0. The number of nitrogens with zero attached hydrogens (tertiary/aromatic N) is 2. The lowest BCUT2D eigenvalue weighted by Gasteiger charge is -2.24. The van der Waals surface area contributed by atoms with E-state index in [2.05, 4.69) is 28.2 Å². The summed E-state index contributed by atoms with van der Waals surface area (Å²) >= 11 is 0. The molecule has 3 nitrogen and oxygen atoms in total. The van der Waals surface area contributed by atoms with Crippen LogP contribution in [0.2, 0.25) is 0 Å². The van der Waals surface area contributed by atoms with Crippen LogP contribution in [0, 0.1) is 6.92 Å². The Labute approximate surface area is 115 Å². The van der Waals surface area contributed by atoms with Crippen LogP contribution < -0.4 is 5.32 Å². The Morgan fingerprint density at radius 1 is 1.33 bits per heavy atom. The molecule has 1 N–H and O–H groups in total. The predicted octanol–water partition coefficient (Wildman–Crippen LogP) is 2.14. The molecule has 0 spiro atoms. The van der Waals surface area contributed by atoms with Gasteiger partial charge in [0.15, 0.2) is 0 Å². The van der Waals surface area contributed by atoms with Gasteiger partial charge < -0.3 is 5.32 Å². The van der Waals surface area contributed by atoms with Crippen LogP contribution in [0.3, 0.4) is 0 Å². The summed E-state index contributed by atoms with van der Waals surface area (Å²) in [6.45, 7) is 5.59. The molecule has 2 aliphatic rings. The summed E-state index contributed by atoms with van der Waals surface area (Å²) in [6.07, 6.45) is 5.91. The van der Waals surface area contributed by atoms with Crippen molar-refractivity contribution in [1.29, 1.82) is 0 Å². The van der Waals surface area contributed by atoms with E-state index < -0.39 is 0 Å². The van der Waals surface area contributed by atoms with E-state index in [0.29, 0.717) is 0 Å². The van der Waals surface area contributed by atoms with Gasteiger partial charge in [0, 0.05) is 43.6 Å². The van der Waals surface area contributed by atoms with Gasteiger partial charge in [0.1, 0.15) is 0 Å². The zero-order valence-corrected chi connectivity index (χ0v) is 11.7. The predicted molar refractivity (Wildman–Crippen MR) is 76.1 cm³/mol. The van der Waals surface area contributed by atoms with Gasteiger partial charge in [-0.05, 0) is 37.8 Å². The van der Waals surface area contributed by atoms with Crippen molar-refractivity contribution >= 4 is 12.4 Å². The number of pyridine rings is 1. The molecule has 1 aromatic heterocycles. The van der Waals surface area contributed by atoms with E-state index >= 15 is 0 Å². The third kappa shape index (κ3) is 3.02. The Morgan fingerprint density at radius 3 is 3.00 bits per heavy atom. The number of likely N-dealkylation sites (tertiary alicyclic amines) is 1. The van der Waals surface area contributed by atoms with Crippen molar-refractivity contribution in [2.24, 2.45) is 0 Å². The minimum atomic E-state index is 0. The van der Waals surface area contributed by atoms with Crippen molar-refractivity contribution < 1.29 is 0 Å². The highest BCUT2D eigenvalue weighted by atomic mass is 35.5. The van der Waals surface area contributed by atoms with Crippen molar-refractivity contribution in [2.75, 3.05) is 13.1 Å². The molecule has 18 heavy (non-hydrogen) atoms. The summed E-state index contributed by atoms with van der Waals surface area (Å²) < 4.78 is 0. The minimum absolute atomic E-state index is 0. The molecular formula is C14H22ClN3. The number of hydrogen-bond donors (Lipinski definition) is 1. The highest BCUT2D eigenvalue weighted by Crippen LogP contribution is 2.21. The van der Waals surface area contributed by atoms with Crippen LogP contribution in [-0.4, -0.2) is 35.1 Å². The highest BCUT2D eigenvalue weighted by molar-refractivity contribution is 5.85. The lowest BCUT2D eigenvalue weighted by Crippen LogP contribution is -2.35. The maximum absolute atomic E-state index is 4.37. The molecule has 3 heterocycles. The molecule has 0 aliphatic carbocycles. The molecule has 2 bridgehead atoms. The first-order valence-corrected chi connectivity index (χ1v) is 6.70. The molecule has 0 saturated carbocycles. The molecule has 2 saturated heterocycles. The van der Waals surface area contributed by atoms with E-state index in [1.807, 2.05) is 12.3 Å². The van der Waals surface area contributed by atoms with Gasteiger partial charge in [-0.3, -0.25) is 9.88 Å². The average Bonchev–Trinajstić information content (AvgIpc) is 2.65. The molecule has 2 aliphatic heterocycles. The molecule has 0 radical (unpaired) electrons. The molecule has 2 atom stereocenters. The minimum Gasteiger partial charge on any atom is -0.310 e. The molecule has 2 unspecified atom stereocenters. The maximum Gasteiger partial charge on any atom is 0.0417 e. The monoisotopic (exact) mass is 267 g/mol. The number of aryl methyl sites for hydroxylation is 1. The van der Waals surface area contributed by atoms with E-state index in [9.17, 15) is 0 Å². The molecule has 0 aromatic carbocycles.